The number of anilines is 1. The number of hydrogen-bond acceptors (Lipinski definition) is 3. The van der Waals surface area contributed by atoms with E-state index in [0.29, 0.717) is 11.8 Å². The Labute approximate surface area is 95.3 Å². The minimum atomic E-state index is 0.302. The molecule has 1 heterocycles. The molecule has 0 atom stereocenters. The van der Waals surface area contributed by atoms with Gasteiger partial charge in [0.2, 0.25) is 5.88 Å². The number of rotatable bonds is 2. The Hall–Kier alpha value is -1.77. The summed E-state index contributed by atoms with van der Waals surface area (Å²) >= 11 is 0. The van der Waals surface area contributed by atoms with Crippen molar-refractivity contribution >= 4 is 5.88 Å². The van der Waals surface area contributed by atoms with Crippen LogP contribution in [-0.2, 0) is 0 Å². The van der Waals surface area contributed by atoms with Crippen molar-refractivity contribution in [2.24, 2.45) is 0 Å². The average molecular weight is 216 g/mol. The Morgan fingerprint density at radius 1 is 1.31 bits per heavy atom. The highest BCUT2D eigenvalue weighted by Crippen LogP contribution is 2.33. The van der Waals surface area contributed by atoms with Crippen LogP contribution in [0.25, 0.3) is 11.1 Å². The van der Waals surface area contributed by atoms with Crippen molar-refractivity contribution in [1.82, 2.24) is 5.16 Å². The maximum atomic E-state index is 5.83. The van der Waals surface area contributed by atoms with Crippen molar-refractivity contribution in [3.8, 4) is 11.1 Å². The Kier molecular flexibility index (Phi) is 2.69. The zero-order chi connectivity index (χ0) is 11.7. The quantitative estimate of drug-likeness (QED) is 0.837. The number of aromatic nitrogens is 1. The van der Waals surface area contributed by atoms with Gasteiger partial charge >= 0.3 is 0 Å². The fourth-order valence-electron chi connectivity index (χ4n) is 1.80. The largest absolute Gasteiger partial charge is 0.367 e. The van der Waals surface area contributed by atoms with E-state index >= 15 is 0 Å². The molecular formula is C13H16N2O. The van der Waals surface area contributed by atoms with Gasteiger partial charge in [-0.1, -0.05) is 48.8 Å². The molecule has 0 fully saturated rings. The molecule has 2 N–H and O–H groups in total. The molecular weight excluding hydrogens is 200 g/mol. The van der Waals surface area contributed by atoms with Gasteiger partial charge in [-0.05, 0) is 18.4 Å². The van der Waals surface area contributed by atoms with E-state index in [0.717, 1.165) is 16.8 Å². The molecule has 1 aromatic heterocycles. The van der Waals surface area contributed by atoms with Gasteiger partial charge < -0.3 is 10.3 Å². The molecule has 0 saturated carbocycles. The van der Waals surface area contributed by atoms with Gasteiger partial charge in [0, 0.05) is 0 Å². The summed E-state index contributed by atoms with van der Waals surface area (Å²) in [5, 5.41) is 4.02. The Balaban J connectivity index is 2.59. The molecule has 0 saturated heterocycles. The van der Waals surface area contributed by atoms with Gasteiger partial charge in [-0.2, -0.15) is 0 Å². The molecule has 3 nitrogen and oxygen atoms in total. The van der Waals surface area contributed by atoms with E-state index in [2.05, 4.69) is 38.1 Å². The first-order valence-corrected chi connectivity index (χ1v) is 5.41. The Bertz CT molecular complexity index is 500. The monoisotopic (exact) mass is 216 g/mol. The van der Waals surface area contributed by atoms with Crippen LogP contribution in [0.2, 0.25) is 0 Å². The van der Waals surface area contributed by atoms with Gasteiger partial charge in [-0.25, -0.2) is 0 Å². The summed E-state index contributed by atoms with van der Waals surface area (Å²) in [5.74, 6) is 0.700. The Morgan fingerprint density at radius 3 is 2.69 bits per heavy atom. The second-order valence-corrected chi connectivity index (χ2v) is 4.33. The summed E-state index contributed by atoms with van der Waals surface area (Å²) in [5.41, 5.74) is 9.95. The number of nitrogens with zero attached hydrogens (tertiary/aromatic N) is 1. The van der Waals surface area contributed by atoms with Crippen LogP contribution >= 0.6 is 0 Å². The average Bonchev–Trinajstić information content (AvgIpc) is 2.60. The normalized spacial score (nSPS) is 11.0. The third-order valence-corrected chi connectivity index (χ3v) is 2.60. The van der Waals surface area contributed by atoms with Crippen LogP contribution in [0.1, 0.15) is 31.0 Å². The highest BCUT2D eigenvalue weighted by molar-refractivity contribution is 5.75. The Morgan fingerprint density at radius 2 is 2.06 bits per heavy atom. The van der Waals surface area contributed by atoms with Crippen molar-refractivity contribution in [2.45, 2.75) is 26.7 Å². The number of nitrogens with two attached hydrogens (primary N) is 1. The maximum Gasteiger partial charge on any atom is 0.230 e. The summed E-state index contributed by atoms with van der Waals surface area (Å²) in [6, 6.07) is 8.19. The van der Waals surface area contributed by atoms with Crippen molar-refractivity contribution in [1.29, 1.82) is 0 Å². The number of aryl methyl sites for hydroxylation is 1. The maximum absolute atomic E-state index is 5.83. The minimum absolute atomic E-state index is 0.302. The molecule has 3 heteroatoms. The van der Waals surface area contributed by atoms with E-state index in [4.69, 9.17) is 10.3 Å². The highest BCUT2D eigenvalue weighted by Gasteiger charge is 2.17. The lowest BCUT2D eigenvalue weighted by atomic mass is 9.98. The van der Waals surface area contributed by atoms with Gasteiger partial charge in [0.15, 0.2) is 0 Å². The van der Waals surface area contributed by atoms with Gasteiger partial charge in [0.25, 0.3) is 0 Å². The van der Waals surface area contributed by atoms with Crippen molar-refractivity contribution in [3.63, 3.8) is 0 Å². The van der Waals surface area contributed by atoms with Crippen LogP contribution in [0.3, 0.4) is 0 Å². The molecule has 2 aromatic rings. The van der Waals surface area contributed by atoms with Crippen LogP contribution in [-0.4, -0.2) is 5.16 Å². The molecule has 0 aliphatic heterocycles. The summed E-state index contributed by atoms with van der Waals surface area (Å²) in [4.78, 5) is 0. The van der Waals surface area contributed by atoms with Crippen molar-refractivity contribution < 1.29 is 4.52 Å². The molecule has 2 rings (SSSR count). The van der Waals surface area contributed by atoms with E-state index < -0.39 is 0 Å². The van der Waals surface area contributed by atoms with Gasteiger partial charge in [0.1, 0.15) is 0 Å². The predicted molar refractivity (Wildman–Crippen MR) is 65.2 cm³/mol. The molecule has 16 heavy (non-hydrogen) atoms. The standard InChI is InChI=1S/C13H16N2O/c1-8(2)12-11(13(14)16-15-12)10-6-4-5-9(3)7-10/h4-8H,14H2,1-3H3. The number of hydrogen-bond donors (Lipinski definition) is 1. The van der Waals surface area contributed by atoms with Gasteiger partial charge in [0.05, 0.1) is 11.3 Å². The lowest BCUT2D eigenvalue weighted by Gasteiger charge is -2.05. The van der Waals surface area contributed by atoms with Crippen LogP contribution in [0.5, 0.6) is 0 Å². The SMILES string of the molecule is Cc1cccc(-c2c(C(C)C)noc2N)c1. The summed E-state index contributed by atoms with van der Waals surface area (Å²) in [6.45, 7) is 6.22. The number of nitrogen functional groups attached to an aromatic ring is 1. The van der Waals surface area contributed by atoms with E-state index in [1.807, 2.05) is 12.1 Å². The zero-order valence-electron chi connectivity index (χ0n) is 9.82. The fourth-order valence-corrected chi connectivity index (χ4v) is 1.80. The first-order chi connectivity index (χ1) is 7.59. The lowest BCUT2D eigenvalue weighted by molar-refractivity contribution is 0.424. The second kappa shape index (κ2) is 4.00. The molecule has 0 spiro atoms. The minimum Gasteiger partial charge on any atom is -0.367 e. The summed E-state index contributed by atoms with van der Waals surface area (Å²) in [6.07, 6.45) is 0. The van der Waals surface area contributed by atoms with E-state index in [1.54, 1.807) is 0 Å². The zero-order valence-corrected chi connectivity index (χ0v) is 9.82. The smallest absolute Gasteiger partial charge is 0.230 e. The van der Waals surface area contributed by atoms with Crippen LogP contribution < -0.4 is 5.73 Å². The first-order valence-electron chi connectivity index (χ1n) is 5.41. The molecule has 0 bridgehead atoms. The molecule has 0 aliphatic rings. The summed E-state index contributed by atoms with van der Waals surface area (Å²) in [7, 11) is 0. The van der Waals surface area contributed by atoms with E-state index in [1.165, 1.54) is 5.56 Å². The third kappa shape index (κ3) is 1.81. The molecule has 0 amide bonds. The summed E-state index contributed by atoms with van der Waals surface area (Å²) < 4.78 is 5.08. The highest BCUT2D eigenvalue weighted by atomic mass is 16.5. The molecule has 0 aliphatic carbocycles. The lowest BCUT2D eigenvalue weighted by Crippen LogP contribution is -1.93. The number of benzene rings is 1. The second-order valence-electron chi connectivity index (χ2n) is 4.33. The van der Waals surface area contributed by atoms with Gasteiger partial charge in [-0.3, -0.25) is 0 Å². The van der Waals surface area contributed by atoms with Crippen LogP contribution in [0.15, 0.2) is 28.8 Å². The van der Waals surface area contributed by atoms with E-state index in [-0.39, 0.29) is 0 Å². The van der Waals surface area contributed by atoms with E-state index in [9.17, 15) is 0 Å². The topological polar surface area (TPSA) is 52.0 Å². The molecule has 0 unspecified atom stereocenters. The van der Waals surface area contributed by atoms with Crippen LogP contribution in [0, 0.1) is 6.92 Å². The molecule has 0 radical (unpaired) electrons. The first kappa shape index (κ1) is 10.7. The third-order valence-electron chi connectivity index (χ3n) is 2.60. The van der Waals surface area contributed by atoms with Crippen molar-refractivity contribution in [3.05, 3.63) is 35.5 Å². The fraction of sp³-hybridized carbons (Fsp3) is 0.308. The van der Waals surface area contributed by atoms with Gasteiger partial charge in [-0.15, -0.1) is 0 Å². The predicted octanol–water partition coefficient (Wildman–Crippen LogP) is 3.36. The molecule has 84 valence electrons. The van der Waals surface area contributed by atoms with Crippen molar-refractivity contribution in [2.75, 3.05) is 5.73 Å². The van der Waals surface area contributed by atoms with Crippen LogP contribution in [0.4, 0.5) is 5.88 Å². The molecule has 1 aromatic carbocycles.